The number of fused-ring (bicyclic) bond motifs is 2. The molecular formula is C18H16N8. The van der Waals surface area contributed by atoms with Crippen LogP contribution in [0, 0.1) is 6.92 Å². The molecular weight excluding hydrogens is 328 g/mol. The van der Waals surface area contributed by atoms with Crippen LogP contribution in [0.15, 0.2) is 49.1 Å². The Bertz CT molecular complexity index is 1240. The number of hydrogen-bond donors (Lipinski definition) is 0. The highest BCUT2D eigenvalue weighted by atomic mass is 15.4. The molecule has 0 N–H and O–H groups in total. The summed E-state index contributed by atoms with van der Waals surface area (Å²) in [6.07, 6.45) is 7.71. The van der Waals surface area contributed by atoms with E-state index < -0.39 is 0 Å². The van der Waals surface area contributed by atoms with Crippen molar-refractivity contribution in [2.24, 2.45) is 7.05 Å². The number of aromatic nitrogens is 8. The van der Waals surface area contributed by atoms with E-state index in [-0.39, 0.29) is 0 Å². The van der Waals surface area contributed by atoms with Gasteiger partial charge < -0.3 is 4.57 Å². The first kappa shape index (κ1) is 14.8. The summed E-state index contributed by atoms with van der Waals surface area (Å²) in [5.41, 5.74) is 5.73. The molecule has 0 aliphatic carbocycles. The zero-order valence-corrected chi connectivity index (χ0v) is 14.4. The smallest absolute Gasteiger partial charge is 0.177 e. The van der Waals surface area contributed by atoms with Gasteiger partial charge in [-0.1, -0.05) is 0 Å². The van der Waals surface area contributed by atoms with Crippen molar-refractivity contribution in [1.29, 1.82) is 0 Å². The maximum Gasteiger partial charge on any atom is 0.177 e. The summed E-state index contributed by atoms with van der Waals surface area (Å²) in [5, 5.41) is 17.3. The first-order valence-electron chi connectivity index (χ1n) is 8.29. The predicted molar refractivity (Wildman–Crippen MR) is 96.6 cm³/mol. The Balaban J connectivity index is 1.59. The van der Waals surface area contributed by atoms with Crippen LogP contribution in [0.2, 0.25) is 0 Å². The van der Waals surface area contributed by atoms with Crippen molar-refractivity contribution in [3.63, 3.8) is 0 Å². The van der Waals surface area contributed by atoms with Crippen molar-refractivity contribution in [3.05, 3.63) is 60.6 Å². The molecule has 0 aromatic carbocycles. The fourth-order valence-electron chi connectivity index (χ4n) is 3.11. The third-order valence-corrected chi connectivity index (χ3v) is 4.43. The maximum atomic E-state index is 4.58. The molecule has 5 aromatic heterocycles. The molecule has 0 unspecified atom stereocenters. The van der Waals surface area contributed by atoms with Gasteiger partial charge in [0, 0.05) is 36.8 Å². The molecule has 0 fully saturated rings. The summed E-state index contributed by atoms with van der Waals surface area (Å²) in [6.45, 7) is 2.53. The fourth-order valence-corrected chi connectivity index (χ4v) is 3.11. The predicted octanol–water partition coefficient (Wildman–Crippen LogP) is 2.23. The first-order valence-corrected chi connectivity index (χ1v) is 8.29. The summed E-state index contributed by atoms with van der Waals surface area (Å²) in [5.74, 6) is 0.785. The average molecular weight is 344 g/mol. The number of rotatable bonds is 3. The van der Waals surface area contributed by atoms with E-state index in [1.165, 1.54) is 0 Å². The zero-order chi connectivity index (χ0) is 17.7. The van der Waals surface area contributed by atoms with Crippen LogP contribution >= 0.6 is 0 Å². The van der Waals surface area contributed by atoms with Crippen molar-refractivity contribution in [2.45, 2.75) is 13.5 Å². The third kappa shape index (κ3) is 2.34. The molecule has 5 aromatic rings. The van der Waals surface area contributed by atoms with Crippen molar-refractivity contribution < 1.29 is 0 Å². The average Bonchev–Trinajstić information content (AvgIpc) is 3.35. The van der Waals surface area contributed by atoms with Crippen LogP contribution in [0.4, 0.5) is 0 Å². The number of nitrogens with zero attached hydrogens (tertiary/aromatic N) is 8. The number of pyridine rings is 1. The van der Waals surface area contributed by atoms with Gasteiger partial charge >= 0.3 is 0 Å². The van der Waals surface area contributed by atoms with Gasteiger partial charge in [-0.15, -0.1) is 10.2 Å². The topological polar surface area (TPSA) is 78.7 Å². The molecule has 0 spiro atoms. The lowest BCUT2D eigenvalue weighted by Gasteiger charge is -2.05. The summed E-state index contributed by atoms with van der Waals surface area (Å²) < 4.78 is 5.69. The number of aryl methyl sites for hydroxylation is 2. The molecule has 0 aliphatic heterocycles. The molecule has 8 nitrogen and oxygen atoms in total. The molecule has 5 rings (SSSR count). The normalized spacial score (nSPS) is 11.6. The Hall–Kier alpha value is -3.55. The third-order valence-electron chi connectivity index (χ3n) is 4.43. The lowest BCUT2D eigenvalue weighted by atomic mass is 10.1. The van der Waals surface area contributed by atoms with Gasteiger partial charge in [0.05, 0.1) is 29.5 Å². The second-order valence-corrected chi connectivity index (χ2v) is 6.34. The summed E-state index contributed by atoms with van der Waals surface area (Å²) in [7, 11) is 1.91. The number of hydrogen-bond acceptors (Lipinski definition) is 5. The van der Waals surface area contributed by atoms with Crippen LogP contribution in [-0.4, -0.2) is 39.1 Å². The van der Waals surface area contributed by atoms with E-state index in [1.807, 2.05) is 57.0 Å². The second kappa shape index (κ2) is 5.48. The molecule has 0 atom stereocenters. The van der Waals surface area contributed by atoms with E-state index in [1.54, 1.807) is 9.20 Å². The van der Waals surface area contributed by atoms with E-state index >= 15 is 0 Å². The molecule has 0 bridgehead atoms. The monoisotopic (exact) mass is 344 g/mol. The van der Waals surface area contributed by atoms with Crippen LogP contribution in [0.3, 0.4) is 0 Å². The summed E-state index contributed by atoms with van der Waals surface area (Å²) >= 11 is 0. The Kier molecular flexibility index (Phi) is 3.11. The highest BCUT2D eigenvalue weighted by Gasteiger charge is 2.11. The Morgan fingerprint density at radius 2 is 1.96 bits per heavy atom. The Morgan fingerprint density at radius 3 is 2.81 bits per heavy atom. The molecule has 0 radical (unpaired) electrons. The fraction of sp³-hybridized carbons (Fsp3) is 0.167. The minimum atomic E-state index is 0.569. The van der Waals surface area contributed by atoms with Gasteiger partial charge in [-0.2, -0.15) is 14.7 Å². The van der Waals surface area contributed by atoms with E-state index in [4.69, 9.17) is 0 Å². The van der Waals surface area contributed by atoms with E-state index in [0.717, 1.165) is 39.3 Å². The van der Waals surface area contributed by atoms with E-state index in [9.17, 15) is 0 Å². The van der Waals surface area contributed by atoms with Gasteiger partial charge in [0.15, 0.2) is 11.5 Å². The van der Waals surface area contributed by atoms with Crippen molar-refractivity contribution in [2.75, 3.05) is 0 Å². The van der Waals surface area contributed by atoms with Gasteiger partial charge in [-0.3, -0.25) is 9.67 Å². The zero-order valence-electron chi connectivity index (χ0n) is 14.4. The van der Waals surface area contributed by atoms with E-state index in [2.05, 4.69) is 36.0 Å². The van der Waals surface area contributed by atoms with Gasteiger partial charge in [0.2, 0.25) is 0 Å². The van der Waals surface area contributed by atoms with Crippen LogP contribution in [0.25, 0.3) is 27.8 Å². The molecule has 0 amide bonds. The minimum Gasteiger partial charge on any atom is -0.338 e. The second-order valence-electron chi connectivity index (χ2n) is 6.34. The molecule has 0 saturated carbocycles. The largest absolute Gasteiger partial charge is 0.338 e. The van der Waals surface area contributed by atoms with Crippen molar-refractivity contribution in [1.82, 2.24) is 39.1 Å². The molecule has 5 heterocycles. The highest BCUT2D eigenvalue weighted by Crippen LogP contribution is 2.23. The molecule has 0 saturated heterocycles. The van der Waals surface area contributed by atoms with Crippen molar-refractivity contribution >= 4 is 16.7 Å². The van der Waals surface area contributed by atoms with Crippen LogP contribution < -0.4 is 0 Å². The van der Waals surface area contributed by atoms with Gasteiger partial charge in [0.25, 0.3) is 0 Å². The quantitative estimate of drug-likeness (QED) is 0.501. The molecule has 0 aliphatic rings. The van der Waals surface area contributed by atoms with Gasteiger partial charge in [0.1, 0.15) is 0 Å². The Labute approximate surface area is 148 Å². The van der Waals surface area contributed by atoms with E-state index in [0.29, 0.717) is 6.54 Å². The highest BCUT2D eigenvalue weighted by molar-refractivity contribution is 5.81. The van der Waals surface area contributed by atoms with Crippen LogP contribution in [-0.2, 0) is 13.6 Å². The maximum absolute atomic E-state index is 4.58. The molecule has 26 heavy (non-hydrogen) atoms. The van der Waals surface area contributed by atoms with Gasteiger partial charge in [-0.25, -0.2) is 0 Å². The lowest BCUT2D eigenvalue weighted by Crippen LogP contribution is -2.06. The minimum absolute atomic E-state index is 0.569. The van der Waals surface area contributed by atoms with Gasteiger partial charge in [-0.05, 0) is 31.2 Å². The van der Waals surface area contributed by atoms with Crippen LogP contribution in [0.5, 0.6) is 0 Å². The Morgan fingerprint density at radius 1 is 1.04 bits per heavy atom. The summed E-state index contributed by atoms with van der Waals surface area (Å²) in [4.78, 5) is 4.58. The summed E-state index contributed by atoms with van der Waals surface area (Å²) in [6, 6.07) is 7.99. The van der Waals surface area contributed by atoms with Crippen molar-refractivity contribution in [3.8, 4) is 11.1 Å². The lowest BCUT2D eigenvalue weighted by molar-refractivity contribution is 0.721. The molecule has 8 heteroatoms. The molecule has 128 valence electrons. The standard InChI is InChI=1S/C18H16N8/c1-12-3-4-17-21-22-18(26(17)23-12)11-25-6-5-15-16(25)7-13(8-19-15)14-9-20-24(2)10-14/h3-10H,11H2,1-2H3. The first-order chi connectivity index (χ1) is 12.7. The van der Waals surface area contributed by atoms with Crippen LogP contribution in [0.1, 0.15) is 11.5 Å². The SMILES string of the molecule is Cc1ccc2nnc(Cn3ccc4ncc(-c5cnn(C)c5)cc43)n2n1.